The van der Waals surface area contributed by atoms with Gasteiger partial charge in [-0.1, -0.05) is 175 Å². The molecular weight excluding hydrogens is 487 g/mol. The first-order chi connectivity index (χ1) is 19.2. The third kappa shape index (κ3) is 28.3. The molecule has 0 fully saturated rings. The van der Waals surface area contributed by atoms with Crippen molar-refractivity contribution in [2.45, 2.75) is 220 Å². The van der Waals surface area contributed by atoms with Crippen LogP contribution in [0.4, 0.5) is 0 Å². The molecule has 0 spiro atoms. The molecule has 0 aromatic rings. The second-order valence-corrected chi connectivity index (χ2v) is 18.0. The first kappa shape index (κ1) is 39.4. The Hall–Kier alpha value is 0.430. The summed E-state index contributed by atoms with van der Waals surface area (Å²) in [6.45, 7) is 9.56. The van der Waals surface area contributed by atoms with Crippen LogP contribution in [0.1, 0.15) is 220 Å². The number of hydrogen-bond acceptors (Lipinski definition) is 0. The molecule has 39 heavy (non-hydrogen) atoms. The van der Waals surface area contributed by atoms with Crippen molar-refractivity contribution in [1.29, 1.82) is 0 Å². The summed E-state index contributed by atoms with van der Waals surface area (Å²) < 4.78 is 0. The van der Waals surface area contributed by atoms with Crippen molar-refractivity contribution in [3.63, 3.8) is 0 Å². The predicted molar refractivity (Wildman–Crippen MR) is 188 cm³/mol. The molecule has 0 aromatic carbocycles. The van der Waals surface area contributed by atoms with Gasteiger partial charge in [-0.15, -0.1) is 0 Å². The zero-order chi connectivity index (χ0) is 28.5. The second-order valence-electron chi connectivity index (χ2n) is 13.4. The lowest BCUT2D eigenvalue weighted by Crippen LogP contribution is -2.11. The maximum Gasteiger partial charge on any atom is 0.0594 e. The van der Waals surface area contributed by atoms with Crippen LogP contribution in [0, 0.1) is 0 Å². The van der Waals surface area contributed by atoms with Gasteiger partial charge in [0.25, 0.3) is 0 Å². The quantitative estimate of drug-likeness (QED) is 0.0536. The van der Waals surface area contributed by atoms with Crippen molar-refractivity contribution in [2.24, 2.45) is 0 Å². The molecule has 0 bridgehead atoms. The summed E-state index contributed by atoms with van der Waals surface area (Å²) in [6.07, 6.45) is 50.9. The minimum atomic E-state index is -0.699. The van der Waals surface area contributed by atoms with Gasteiger partial charge < -0.3 is 0 Å². The maximum atomic E-state index is 2.58. The van der Waals surface area contributed by atoms with Gasteiger partial charge in [-0.25, -0.2) is 0 Å². The number of unbranched alkanes of at least 4 members (excludes halogenated alkanes) is 27. The van der Waals surface area contributed by atoms with Crippen LogP contribution in [0.25, 0.3) is 0 Å². The lowest BCUT2D eigenvalue weighted by Gasteiger charge is -2.27. The molecule has 1 heteroatoms. The van der Waals surface area contributed by atoms with Gasteiger partial charge in [0, 0.05) is 7.26 Å². The van der Waals surface area contributed by atoms with E-state index in [2.05, 4.69) is 27.7 Å². The highest BCUT2D eigenvalue weighted by Gasteiger charge is 2.33. The van der Waals surface area contributed by atoms with Crippen molar-refractivity contribution >= 4 is 7.26 Å². The molecule has 0 saturated carbocycles. The van der Waals surface area contributed by atoms with Crippen LogP contribution in [-0.2, 0) is 0 Å². The Morgan fingerprint density at radius 2 is 0.410 bits per heavy atom. The smallest absolute Gasteiger partial charge is 0.0594 e. The molecule has 0 amide bonds. The molecule has 0 N–H and O–H groups in total. The van der Waals surface area contributed by atoms with Crippen molar-refractivity contribution in [2.75, 3.05) is 24.6 Å². The predicted octanol–water partition coefficient (Wildman–Crippen LogP) is 14.8. The van der Waals surface area contributed by atoms with E-state index in [4.69, 9.17) is 0 Å². The lowest BCUT2D eigenvalue weighted by atomic mass is 10.1. The van der Waals surface area contributed by atoms with Gasteiger partial charge in [0.1, 0.15) is 0 Å². The average molecular weight is 568 g/mol. The SMILES string of the molecule is CCCCCCCCCCCC[P+](CC)(CCCCCCCCCCCC)CCCCCCCCCCCC. The molecule has 0 aliphatic rings. The Bertz CT molecular complexity index is 371. The fourth-order valence-electron chi connectivity index (χ4n) is 6.61. The van der Waals surface area contributed by atoms with Crippen LogP contribution < -0.4 is 0 Å². The Morgan fingerprint density at radius 3 is 0.590 bits per heavy atom. The largest absolute Gasteiger partial charge is 0.0654 e. The van der Waals surface area contributed by atoms with Crippen LogP contribution in [-0.4, -0.2) is 24.6 Å². The Balaban J connectivity index is 4.22. The molecule has 0 heterocycles. The van der Waals surface area contributed by atoms with Crippen LogP contribution in [0.15, 0.2) is 0 Å². The number of hydrogen-bond donors (Lipinski definition) is 0. The standard InChI is InChI=1S/C38H80P/c1-5-9-12-15-18-21-24-27-30-33-36-39(8-4,37-34-31-28-25-22-19-16-13-10-6-2)38-35-32-29-26-23-20-17-14-11-7-3/h5-38H2,1-4H3/q+1. The molecule has 0 saturated heterocycles. The van der Waals surface area contributed by atoms with Crippen LogP contribution in [0.5, 0.6) is 0 Å². The fraction of sp³-hybridized carbons (Fsp3) is 1.00. The van der Waals surface area contributed by atoms with E-state index in [1.807, 2.05) is 0 Å². The maximum absolute atomic E-state index is 2.58. The molecule has 0 radical (unpaired) electrons. The van der Waals surface area contributed by atoms with Crippen LogP contribution in [0.3, 0.4) is 0 Å². The zero-order valence-electron chi connectivity index (χ0n) is 28.5. The summed E-state index contributed by atoms with van der Waals surface area (Å²) in [4.78, 5) is 0. The van der Waals surface area contributed by atoms with Crippen molar-refractivity contribution in [3.05, 3.63) is 0 Å². The van der Waals surface area contributed by atoms with Gasteiger partial charge in [0.05, 0.1) is 24.6 Å². The summed E-state index contributed by atoms with van der Waals surface area (Å²) in [6, 6.07) is 0. The highest BCUT2D eigenvalue weighted by Crippen LogP contribution is 2.60. The highest BCUT2D eigenvalue weighted by atomic mass is 31.2. The van der Waals surface area contributed by atoms with Crippen molar-refractivity contribution < 1.29 is 0 Å². The minimum Gasteiger partial charge on any atom is -0.0654 e. The van der Waals surface area contributed by atoms with Gasteiger partial charge >= 0.3 is 0 Å². The third-order valence-electron chi connectivity index (χ3n) is 9.63. The normalized spacial score (nSPS) is 12.0. The molecule has 0 atom stereocenters. The van der Waals surface area contributed by atoms with E-state index in [1.54, 1.807) is 43.9 Å². The molecular formula is C38H80P+. The van der Waals surface area contributed by atoms with Gasteiger partial charge in [-0.2, -0.15) is 0 Å². The van der Waals surface area contributed by atoms with E-state index in [-0.39, 0.29) is 0 Å². The Labute approximate surface area is 251 Å². The molecule has 0 nitrogen and oxygen atoms in total. The van der Waals surface area contributed by atoms with Gasteiger partial charge in [-0.05, 0) is 45.4 Å². The zero-order valence-corrected chi connectivity index (χ0v) is 29.4. The van der Waals surface area contributed by atoms with Crippen molar-refractivity contribution in [1.82, 2.24) is 0 Å². The van der Waals surface area contributed by atoms with E-state index in [1.165, 1.54) is 173 Å². The van der Waals surface area contributed by atoms with E-state index in [0.717, 1.165) is 0 Å². The van der Waals surface area contributed by atoms with Gasteiger partial charge in [0.2, 0.25) is 0 Å². The average Bonchev–Trinajstić information content (AvgIpc) is 2.95. The van der Waals surface area contributed by atoms with E-state index < -0.39 is 7.26 Å². The summed E-state index contributed by atoms with van der Waals surface area (Å²) in [5, 5.41) is 0. The third-order valence-corrected chi connectivity index (χ3v) is 14.8. The Kier molecular flexibility index (Phi) is 33.3. The second kappa shape index (κ2) is 32.9. The van der Waals surface area contributed by atoms with Gasteiger partial charge in [-0.3, -0.25) is 0 Å². The highest BCUT2D eigenvalue weighted by molar-refractivity contribution is 7.75. The van der Waals surface area contributed by atoms with Crippen molar-refractivity contribution in [3.8, 4) is 0 Å². The topological polar surface area (TPSA) is 0 Å². The molecule has 0 rings (SSSR count). The first-order valence-electron chi connectivity index (χ1n) is 19.1. The number of rotatable bonds is 34. The fourth-order valence-corrected chi connectivity index (χ4v) is 10.9. The summed E-state index contributed by atoms with van der Waals surface area (Å²) >= 11 is 0. The first-order valence-corrected chi connectivity index (χ1v) is 21.6. The molecule has 0 aliphatic heterocycles. The summed E-state index contributed by atoms with van der Waals surface area (Å²) in [5.41, 5.74) is 0. The molecule has 236 valence electrons. The van der Waals surface area contributed by atoms with Gasteiger partial charge in [0.15, 0.2) is 0 Å². The minimum absolute atomic E-state index is 0.699. The molecule has 0 aliphatic carbocycles. The lowest BCUT2D eigenvalue weighted by molar-refractivity contribution is 0.559. The molecule has 0 aromatic heterocycles. The molecule has 0 unspecified atom stereocenters. The Morgan fingerprint density at radius 1 is 0.231 bits per heavy atom. The van der Waals surface area contributed by atoms with Crippen LogP contribution >= 0.6 is 7.26 Å². The van der Waals surface area contributed by atoms with Crippen LogP contribution in [0.2, 0.25) is 0 Å². The summed E-state index contributed by atoms with van der Waals surface area (Å²) in [7, 11) is -0.699. The summed E-state index contributed by atoms with van der Waals surface area (Å²) in [5.74, 6) is 0. The van der Waals surface area contributed by atoms with E-state index >= 15 is 0 Å². The van der Waals surface area contributed by atoms with E-state index in [0.29, 0.717) is 0 Å². The van der Waals surface area contributed by atoms with E-state index in [9.17, 15) is 0 Å². The monoisotopic (exact) mass is 568 g/mol.